The zero-order valence-corrected chi connectivity index (χ0v) is 12.9. The molecule has 0 bridgehead atoms. The Morgan fingerprint density at radius 1 is 1.00 bits per heavy atom. The predicted octanol–water partition coefficient (Wildman–Crippen LogP) is 3.43. The van der Waals surface area contributed by atoms with Crippen LogP contribution in [0.4, 0.5) is 0 Å². The lowest BCUT2D eigenvalue weighted by molar-refractivity contribution is 0.343. The van der Waals surface area contributed by atoms with Gasteiger partial charge in [0.25, 0.3) is 0 Å². The third-order valence-electron chi connectivity index (χ3n) is 3.29. The summed E-state index contributed by atoms with van der Waals surface area (Å²) < 4.78 is 29.0. The molecule has 0 aliphatic carbocycles. The van der Waals surface area contributed by atoms with E-state index in [0.717, 1.165) is 16.5 Å². The van der Waals surface area contributed by atoms with Crippen molar-refractivity contribution in [2.24, 2.45) is 0 Å². The zero-order valence-electron chi connectivity index (χ0n) is 12.1. The summed E-state index contributed by atoms with van der Waals surface area (Å²) in [5.74, 6) is 0.756. The normalized spacial score (nSPS) is 12.6. The van der Waals surface area contributed by atoms with Crippen LogP contribution in [0.15, 0.2) is 42.5 Å². The van der Waals surface area contributed by atoms with Gasteiger partial charge in [-0.25, -0.2) is 8.42 Å². The highest BCUT2D eigenvalue weighted by atomic mass is 32.2. The first-order valence-electron chi connectivity index (χ1n) is 6.64. The first kappa shape index (κ1) is 14.9. The number of benzene rings is 2. The number of hydrogen-bond donors (Lipinski definition) is 0. The second-order valence-electron chi connectivity index (χ2n) is 5.76. The van der Waals surface area contributed by atoms with Crippen molar-refractivity contribution in [3.05, 3.63) is 42.5 Å². The molecule has 0 unspecified atom stereocenters. The molecule has 20 heavy (non-hydrogen) atoms. The predicted molar refractivity (Wildman–Crippen MR) is 83.0 cm³/mol. The van der Waals surface area contributed by atoms with E-state index in [1.54, 1.807) is 20.8 Å². The van der Waals surface area contributed by atoms with Gasteiger partial charge in [0.1, 0.15) is 12.4 Å². The lowest BCUT2D eigenvalue weighted by Crippen LogP contribution is -2.32. The first-order chi connectivity index (χ1) is 9.31. The molecule has 0 spiro atoms. The monoisotopic (exact) mass is 292 g/mol. The maximum atomic E-state index is 12.0. The molecule has 0 saturated heterocycles. The quantitative estimate of drug-likeness (QED) is 0.867. The lowest BCUT2D eigenvalue weighted by Gasteiger charge is -2.19. The van der Waals surface area contributed by atoms with E-state index in [-0.39, 0.29) is 12.4 Å². The largest absolute Gasteiger partial charge is 0.492 e. The fourth-order valence-electron chi connectivity index (χ4n) is 1.89. The summed E-state index contributed by atoms with van der Waals surface area (Å²) >= 11 is 0. The molecule has 2 rings (SSSR count). The average Bonchev–Trinajstić information content (AvgIpc) is 2.37. The zero-order chi connectivity index (χ0) is 14.8. The van der Waals surface area contributed by atoms with E-state index in [2.05, 4.69) is 0 Å². The molecule has 0 atom stereocenters. The van der Waals surface area contributed by atoms with E-state index in [9.17, 15) is 8.42 Å². The van der Waals surface area contributed by atoms with E-state index in [0.29, 0.717) is 0 Å². The van der Waals surface area contributed by atoms with Gasteiger partial charge in [-0.2, -0.15) is 0 Å². The first-order valence-corrected chi connectivity index (χ1v) is 8.29. The Labute approximate surface area is 120 Å². The molecule has 0 fully saturated rings. The molecule has 108 valence electrons. The molecule has 2 aromatic rings. The third-order valence-corrected chi connectivity index (χ3v) is 5.86. The summed E-state index contributed by atoms with van der Waals surface area (Å²) in [7, 11) is -3.15. The molecular weight excluding hydrogens is 272 g/mol. The van der Waals surface area contributed by atoms with E-state index in [1.165, 1.54) is 0 Å². The number of ether oxygens (including phenoxy) is 1. The fraction of sp³-hybridized carbons (Fsp3) is 0.375. The van der Waals surface area contributed by atoms with Crippen LogP contribution in [-0.4, -0.2) is 25.5 Å². The molecule has 0 N–H and O–H groups in total. The van der Waals surface area contributed by atoms with Crippen molar-refractivity contribution >= 4 is 20.6 Å². The molecule has 0 aromatic heterocycles. The Kier molecular flexibility index (Phi) is 4.04. The van der Waals surface area contributed by atoms with Gasteiger partial charge in [-0.15, -0.1) is 0 Å². The second-order valence-corrected chi connectivity index (χ2v) is 8.62. The van der Waals surface area contributed by atoms with Gasteiger partial charge in [0.05, 0.1) is 10.5 Å². The Morgan fingerprint density at radius 2 is 1.65 bits per heavy atom. The van der Waals surface area contributed by atoms with E-state index >= 15 is 0 Å². The Hall–Kier alpha value is -1.55. The van der Waals surface area contributed by atoms with Gasteiger partial charge < -0.3 is 4.74 Å². The van der Waals surface area contributed by atoms with Gasteiger partial charge in [-0.3, -0.25) is 0 Å². The van der Waals surface area contributed by atoms with Crippen LogP contribution in [0.2, 0.25) is 0 Å². The minimum atomic E-state index is -3.15. The van der Waals surface area contributed by atoms with Crippen molar-refractivity contribution in [1.29, 1.82) is 0 Å². The van der Waals surface area contributed by atoms with E-state index in [1.807, 2.05) is 42.5 Å². The maximum absolute atomic E-state index is 12.0. The molecule has 0 aliphatic heterocycles. The Balaban J connectivity index is 2.11. The highest BCUT2D eigenvalue weighted by Crippen LogP contribution is 2.25. The van der Waals surface area contributed by atoms with Crippen LogP contribution >= 0.6 is 0 Å². The van der Waals surface area contributed by atoms with Crippen LogP contribution in [0, 0.1) is 0 Å². The molecule has 0 aliphatic rings. The highest BCUT2D eigenvalue weighted by molar-refractivity contribution is 7.92. The van der Waals surface area contributed by atoms with Crippen molar-refractivity contribution < 1.29 is 13.2 Å². The average molecular weight is 292 g/mol. The van der Waals surface area contributed by atoms with Gasteiger partial charge in [0, 0.05) is 5.39 Å². The van der Waals surface area contributed by atoms with Gasteiger partial charge in [-0.05, 0) is 32.2 Å². The number of rotatable bonds is 4. The van der Waals surface area contributed by atoms with Gasteiger partial charge in [-0.1, -0.05) is 36.4 Å². The summed E-state index contributed by atoms with van der Waals surface area (Å²) in [6.45, 7) is 5.30. The van der Waals surface area contributed by atoms with Crippen molar-refractivity contribution in [1.82, 2.24) is 0 Å². The van der Waals surface area contributed by atoms with Crippen LogP contribution in [0.1, 0.15) is 20.8 Å². The minimum Gasteiger partial charge on any atom is -0.492 e. The molecule has 2 aromatic carbocycles. The van der Waals surface area contributed by atoms with Crippen molar-refractivity contribution in [3.63, 3.8) is 0 Å². The third kappa shape index (κ3) is 3.12. The molecule has 0 saturated carbocycles. The van der Waals surface area contributed by atoms with Crippen LogP contribution in [0.3, 0.4) is 0 Å². The smallest absolute Gasteiger partial charge is 0.158 e. The summed E-state index contributed by atoms with van der Waals surface area (Å²) in [4.78, 5) is 0. The molecule has 4 heteroatoms. The van der Waals surface area contributed by atoms with Crippen LogP contribution in [0.5, 0.6) is 5.75 Å². The maximum Gasteiger partial charge on any atom is 0.158 e. The van der Waals surface area contributed by atoms with E-state index in [4.69, 9.17) is 4.74 Å². The SMILES string of the molecule is CC(C)(C)S(=O)(=O)CCOc1cccc2ccccc12. The molecule has 0 heterocycles. The summed E-state index contributed by atoms with van der Waals surface area (Å²) in [6.07, 6.45) is 0. The fourth-order valence-corrected chi connectivity index (χ4v) is 2.80. The second kappa shape index (κ2) is 5.44. The van der Waals surface area contributed by atoms with Gasteiger partial charge in [0.2, 0.25) is 0 Å². The van der Waals surface area contributed by atoms with Crippen molar-refractivity contribution in [3.8, 4) is 5.75 Å². The summed E-state index contributed by atoms with van der Waals surface area (Å²) in [6, 6.07) is 13.7. The number of hydrogen-bond acceptors (Lipinski definition) is 3. The van der Waals surface area contributed by atoms with Crippen molar-refractivity contribution in [2.75, 3.05) is 12.4 Å². The van der Waals surface area contributed by atoms with Gasteiger partial charge >= 0.3 is 0 Å². The molecule has 3 nitrogen and oxygen atoms in total. The van der Waals surface area contributed by atoms with E-state index < -0.39 is 14.6 Å². The molecule has 0 radical (unpaired) electrons. The standard InChI is InChI=1S/C16H20O3S/c1-16(2,3)20(17,18)12-11-19-15-10-6-8-13-7-4-5-9-14(13)15/h4-10H,11-12H2,1-3H3. The topological polar surface area (TPSA) is 43.4 Å². The number of sulfone groups is 1. The Morgan fingerprint density at radius 3 is 2.35 bits per heavy atom. The van der Waals surface area contributed by atoms with Crippen LogP contribution in [-0.2, 0) is 9.84 Å². The minimum absolute atomic E-state index is 0.0275. The summed E-state index contributed by atoms with van der Waals surface area (Å²) in [5, 5.41) is 2.09. The lowest BCUT2D eigenvalue weighted by atomic mass is 10.1. The van der Waals surface area contributed by atoms with Crippen LogP contribution < -0.4 is 4.74 Å². The summed E-state index contributed by atoms with van der Waals surface area (Å²) in [5.41, 5.74) is 0. The number of fused-ring (bicyclic) bond motifs is 1. The molecular formula is C16H20O3S. The van der Waals surface area contributed by atoms with Crippen LogP contribution in [0.25, 0.3) is 10.8 Å². The molecule has 0 amide bonds. The Bertz CT molecular complexity index is 692. The van der Waals surface area contributed by atoms with Gasteiger partial charge in [0.15, 0.2) is 9.84 Å². The highest BCUT2D eigenvalue weighted by Gasteiger charge is 2.28. The van der Waals surface area contributed by atoms with Crippen molar-refractivity contribution in [2.45, 2.75) is 25.5 Å².